The molecule has 6 nitrogen and oxygen atoms in total. The number of aliphatic hydroxyl groups is 1. The number of hydrogen-bond acceptors (Lipinski definition) is 4. The monoisotopic (exact) mass is 228 g/mol. The lowest BCUT2D eigenvalue weighted by molar-refractivity contribution is 0.147. The van der Waals surface area contributed by atoms with Crippen molar-refractivity contribution >= 4 is 6.03 Å². The number of ether oxygens (including phenoxy) is 1. The van der Waals surface area contributed by atoms with Crippen LogP contribution < -0.4 is 10.6 Å². The molecule has 1 atom stereocenters. The van der Waals surface area contributed by atoms with Crippen molar-refractivity contribution in [1.29, 1.82) is 0 Å². The first kappa shape index (κ1) is 12.5. The fourth-order valence-corrected chi connectivity index (χ4v) is 1.10. The number of urea groups is 1. The molecule has 6 heteroatoms. The lowest BCUT2D eigenvalue weighted by atomic mass is 10.3. The van der Waals surface area contributed by atoms with Crippen LogP contribution >= 0.6 is 0 Å². The van der Waals surface area contributed by atoms with Gasteiger partial charge in [-0.05, 0) is 12.1 Å². The van der Waals surface area contributed by atoms with E-state index in [1.165, 1.54) is 6.26 Å². The van der Waals surface area contributed by atoms with Gasteiger partial charge in [0.05, 0.1) is 19.4 Å². The molecule has 1 heterocycles. The van der Waals surface area contributed by atoms with E-state index in [-0.39, 0.29) is 12.6 Å². The number of aliphatic hydroxyl groups excluding tert-OH is 1. The van der Waals surface area contributed by atoms with E-state index in [0.717, 1.165) is 0 Å². The molecule has 0 aliphatic rings. The van der Waals surface area contributed by atoms with Gasteiger partial charge in [-0.15, -0.1) is 0 Å². The quantitative estimate of drug-likeness (QED) is 0.610. The summed E-state index contributed by atoms with van der Waals surface area (Å²) in [6.07, 6.45) is 0.639. The summed E-state index contributed by atoms with van der Waals surface area (Å²) in [6, 6.07) is 2.98. The highest BCUT2D eigenvalue weighted by atomic mass is 16.5. The molecular formula is C10H16N2O4. The maximum Gasteiger partial charge on any atom is 0.314 e. The zero-order chi connectivity index (χ0) is 11.8. The smallest absolute Gasteiger partial charge is 0.314 e. The Kier molecular flexibility index (Phi) is 5.38. The zero-order valence-electron chi connectivity index (χ0n) is 9.10. The van der Waals surface area contributed by atoms with Gasteiger partial charge in [0.1, 0.15) is 11.9 Å². The van der Waals surface area contributed by atoms with Crippen LogP contribution in [0.3, 0.4) is 0 Å². The Morgan fingerprint density at radius 2 is 2.44 bits per heavy atom. The van der Waals surface area contributed by atoms with E-state index in [4.69, 9.17) is 9.15 Å². The maximum absolute atomic E-state index is 11.2. The third-order valence-electron chi connectivity index (χ3n) is 1.92. The van der Waals surface area contributed by atoms with Crippen molar-refractivity contribution in [3.63, 3.8) is 0 Å². The summed E-state index contributed by atoms with van der Waals surface area (Å²) in [5.74, 6) is 0.428. The van der Waals surface area contributed by atoms with Gasteiger partial charge in [-0.1, -0.05) is 0 Å². The van der Waals surface area contributed by atoms with Crippen molar-refractivity contribution in [3.05, 3.63) is 24.2 Å². The number of amides is 2. The molecule has 2 amide bonds. The van der Waals surface area contributed by atoms with Gasteiger partial charge in [0.15, 0.2) is 0 Å². The first-order valence-corrected chi connectivity index (χ1v) is 4.96. The normalized spacial score (nSPS) is 12.1. The predicted molar refractivity (Wildman–Crippen MR) is 56.9 cm³/mol. The third kappa shape index (κ3) is 4.33. The van der Waals surface area contributed by atoms with Crippen molar-refractivity contribution in [2.75, 3.05) is 26.8 Å². The molecule has 0 aromatic carbocycles. The maximum atomic E-state index is 11.2. The van der Waals surface area contributed by atoms with E-state index in [2.05, 4.69) is 10.6 Å². The molecule has 0 spiro atoms. The van der Waals surface area contributed by atoms with E-state index < -0.39 is 6.10 Å². The number of furan rings is 1. The van der Waals surface area contributed by atoms with Gasteiger partial charge in [-0.3, -0.25) is 0 Å². The number of carbonyl (C=O) groups excluding carboxylic acids is 1. The molecule has 0 aliphatic heterocycles. The fraction of sp³-hybridized carbons (Fsp3) is 0.500. The van der Waals surface area contributed by atoms with Gasteiger partial charge in [-0.25, -0.2) is 4.79 Å². The molecule has 1 rings (SSSR count). The summed E-state index contributed by atoms with van der Waals surface area (Å²) in [5, 5.41) is 14.7. The number of nitrogens with one attached hydrogen (secondary N) is 2. The lowest BCUT2D eigenvalue weighted by Crippen LogP contribution is -2.39. The number of carbonyl (C=O) groups is 1. The molecule has 0 radical (unpaired) electrons. The van der Waals surface area contributed by atoms with Crippen molar-refractivity contribution in [2.24, 2.45) is 0 Å². The van der Waals surface area contributed by atoms with Crippen molar-refractivity contribution in [1.82, 2.24) is 10.6 Å². The molecule has 0 fully saturated rings. The van der Waals surface area contributed by atoms with Crippen LogP contribution in [0, 0.1) is 0 Å². The Morgan fingerprint density at radius 3 is 3.06 bits per heavy atom. The third-order valence-corrected chi connectivity index (χ3v) is 1.92. The highest BCUT2D eigenvalue weighted by Gasteiger charge is 2.11. The van der Waals surface area contributed by atoms with E-state index in [9.17, 15) is 9.90 Å². The van der Waals surface area contributed by atoms with Gasteiger partial charge in [0, 0.05) is 13.7 Å². The van der Waals surface area contributed by atoms with E-state index >= 15 is 0 Å². The minimum Gasteiger partial charge on any atom is -0.467 e. The van der Waals surface area contributed by atoms with Crippen molar-refractivity contribution in [2.45, 2.75) is 6.10 Å². The summed E-state index contributed by atoms with van der Waals surface area (Å²) in [7, 11) is 1.56. The van der Waals surface area contributed by atoms with Gasteiger partial charge in [0.25, 0.3) is 0 Å². The Bertz CT molecular complexity index is 300. The van der Waals surface area contributed by atoms with Crippen molar-refractivity contribution in [3.8, 4) is 0 Å². The minimum atomic E-state index is -0.830. The molecule has 90 valence electrons. The predicted octanol–water partition coefficient (Wildman–Crippen LogP) is 0.259. The second kappa shape index (κ2) is 6.86. The molecule has 0 saturated carbocycles. The minimum absolute atomic E-state index is 0.104. The standard InChI is InChI=1S/C10H16N2O4/c1-15-6-4-11-10(14)12-7-8(13)9-3-2-5-16-9/h2-3,5,8,13H,4,6-7H2,1H3,(H2,11,12,14). The molecule has 0 saturated heterocycles. The summed E-state index contributed by atoms with van der Waals surface area (Å²) in [5.41, 5.74) is 0. The van der Waals surface area contributed by atoms with E-state index in [0.29, 0.717) is 18.9 Å². The molecule has 1 aromatic rings. The lowest BCUT2D eigenvalue weighted by Gasteiger charge is -2.10. The first-order chi connectivity index (χ1) is 7.74. The highest BCUT2D eigenvalue weighted by Crippen LogP contribution is 2.11. The van der Waals surface area contributed by atoms with Gasteiger partial charge in [-0.2, -0.15) is 0 Å². The fourth-order valence-electron chi connectivity index (χ4n) is 1.10. The molecule has 0 aliphatic carbocycles. The molecular weight excluding hydrogens is 212 g/mol. The van der Waals surface area contributed by atoms with Crippen LogP contribution in [0.4, 0.5) is 4.79 Å². The SMILES string of the molecule is COCCNC(=O)NCC(O)c1ccco1. The Labute approximate surface area is 93.6 Å². The molecule has 0 bridgehead atoms. The van der Waals surface area contributed by atoms with E-state index in [1.807, 2.05) is 0 Å². The Morgan fingerprint density at radius 1 is 1.62 bits per heavy atom. The summed E-state index contributed by atoms with van der Waals surface area (Å²) in [6.45, 7) is 0.986. The zero-order valence-corrected chi connectivity index (χ0v) is 9.10. The highest BCUT2D eigenvalue weighted by molar-refractivity contribution is 5.73. The number of methoxy groups -OCH3 is 1. The first-order valence-electron chi connectivity index (χ1n) is 4.96. The average Bonchev–Trinajstić information content (AvgIpc) is 2.79. The van der Waals surface area contributed by atoms with Gasteiger partial charge < -0.3 is 24.9 Å². The summed E-state index contributed by atoms with van der Waals surface area (Å²) >= 11 is 0. The number of hydrogen-bond donors (Lipinski definition) is 3. The van der Waals surface area contributed by atoms with Crippen molar-refractivity contribution < 1.29 is 19.1 Å². The van der Waals surface area contributed by atoms with Crippen LogP contribution in [0.1, 0.15) is 11.9 Å². The second-order valence-electron chi connectivity index (χ2n) is 3.16. The van der Waals surface area contributed by atoms with Crippen LogP contribution in [-0.4, -0.2) is 37.9 Å². The second-order valence-corrected chi connectivity index (χ2v) is 3.16. The summed E-state index contributed by atoms with van der Waals surface area (Å²) < 4.78 is 9.75. The van der Waals surface area contributed by atoms with Crippen LogP contribution in [0.25, 0.3) is 0 Å². The average molecular weight is 228 g/mol. The summed E-state index contributed by atoms with van der Waals surface area (Å²) in [4.78, 5) is 11.2. The topological polar surface area (TPSA) is 83.7 Å². The van der Waals surface area contributed by atoms with Crippen LogP contribution in [0.2, 0.25) is 0 Å². The molecule has 1 aromatic heterocycles. The molecule has 3 N–H and O–H groups in total. The van der Waals surface area contributed by atoms with Gasteiger partial charge in [0.2, 0.25) is 0 Å². The Hall–Kier alpha value is -1.53. The van der Waals surface area contributed by atoms with Gasteiger partial charge >= 0.3 is 6.03 Å². The van der Waals surface area contributed by atoms with Crippen LogP contribution in [0.5, 0.6) is 0 Å². The molecule has 16 heavy (non-hydrogen) atoms. The van der Waals surface area contributed by atoms with E-state index in [1.54, 1.807) is 19.2 Å². The van der Waals surface area contributed by atoms with Crippen LogP contribution in [-0.2, 0) is 4.74 Å². The number of rotatable bonds is 6. The Balaban J connectivity index is 2.16. The molecule has 1 unspecified atom stereocenters. The largest absolute Gasteiger partial charge is 0.467 e. The van der Waals surface area contributed by atoms with Crippen LogP contribution in [0.15, 0.2) is 22.8 Å².